The first-order valence-electron chi connectivity index (χ1n) is 7.54. The number of hydrogen-bond donors (Lipinski definition) is 1. The maximum atomic E-state index is 12.1. The number of ether oxygens (including phenoxy) is 1. The molecule has 118 valence electrons. The van der Waals surface area contributed by atoms with Gasteiger partial charge in [-0.05, 0) is 24.6 Å². The zero-order chi connectivity index (χ0) is 15.7. The van der Waals surface area contributed by atoms with Crippen LogP contribution in [0.5, 0.6) is 5.75 Å². The van der Waals surface area contributed by atoms with E-state index in [-0.39, 0.29) is 17.9 Å². The van der Waals surface area contributed by atoms with Gasteiger partial charge in [-0.2, -0.15) is 0 Å². The van der Waals surface area contributed by atoms with Crippen molar-refractivity contribution in [3.63, 3.8) is 0 Å². The second-order valence-electron chi connectivity index (χ2n) is 5.86. The predicted octanol–water partition coefficient (Wildman–Crippen LogP) is 0.226. The quantitative estimate of drug-likeness (QED) is 0.868. The van der Waals surface area contributed by atoms with Gasteiger partial charge in [0.25, 0.3) is 0 Å². The SMILES string of the molecule is COc1ccc(CN2CCN3C(=O)[C@@H](C)NC(=O)[C@H]3C2)cc1. The smallest absolute Gasteiger partial charge is 0.245 e. The Morgan fingerprint density at radius 3 is 2.64 bits per heavy atom. The molecule has 0 spiro atoms. The fourth-order valence-corrected chi connectivity index (χ4v) is 3.08. The molecule has 1 aromatic rings. The molecule has 1 aromatic carbocycles. The number of piperazine rings is 2. The molecule has 2 saturated heterocycles. The van der Waals surface area contributed by atoms with Crippen LogP contribution in [-0.4, -0.2) is 60.4 Å². The minimum Gasteiger partial charge on any atom is -0.497 e. The molecule has 2 aliphatic rings. The van der Waals surface area contributed by atoms with E-state index < -0.39 is 6.04 Å². The Kier molecular flexibility index (Phi) is 4.02. The van der Waals surface area contributed by atoms with Crippen molar-refractivity contribution in [3.8, 4) is 5.75 Å². The highest BCUT2D eigenvalue weighted by Gasteiger charge is 2.41. The van der Waals surface area contributed by atoms with Crippen LogP contribution < -0.4 is 10.1 Å². The molecule has 6 heteroatoms. The third kappa shape index (κ3) is 2.78. The Morgan fingerprint density at radius 1 is 1.23 bits per heavy atom. The number of fused-ring (bicyclic) bond motifs is 1. The first-order valence-corrected chi connectivity index (χ1v) is 7.54. The molecule has 1 N–H and O–H groups in total. The van der Waals surface area contributed by atoms with Crippen LogP contribution in [0.25, 0.3) is 0 Å². The fraction of sp³-hybridized carbons (Fsp3) is 0.500. The van der Waals surface area contributed by atoms with Gasteiger partial charge in [-0.3, -0.25) is 14.5 Å². The summed E-state index contributed by atoms with van der Waals surface area (Å²) in [4.78, 5) is 28.2. The summed E-state index contributed by atoms with van der Waals surface area (Å²) >= 11 is 0. The average Bonchev–Trinajstić information content (AvgIpc) is 2.53. The van der Waals surface area contributed by atoms with Crippen molar-refractivity contribution in [2.75, 3.05) is 26.7 Å². The molecule has 0 aromatic heterocycles. The van der Waals surface area contributed by atoms with E-state index in [4.69, 9.17) is 4.74 Å². The van der Waals surface area contributed by atoms with E-state index in [9.17, 15) is 9.59 Å². The molecule has 3 rings (SSSR count). The van der Waals surface area contributed by atoms with Crippen LogP contribution >= 0.6 is 0 Å². The van der Waals surface area contributed by atoms with Crippen molar-refractivity contribution in [1.29, 1.82) is 0 Å². The van der Waals surface area contributed by atoms with Crippen molar-refractivity contribution >= 4 is 11.8 Å². The lowest BCUT2D eigenvalue weighted by Crippen LogP contribution is -2.68. The highest BCUT2D eigenvalue weighted by molar-refractivity contribution is 5.97. The van der Waals surface area contributed by atoms with Crippen LogP contribution in [0.15, 0.2) is 24.3 Å². The van der Waals surface area contributed by atoms with Gasteiger partial charge in [-0.25, -0.2) is 0 Å². The van der Waals surface area contributed by atoms with Gasteiger partial charge in [0.05, 0.1) is 7.11 Å². The monoisotopic (exact) mass is 303 g/mol. The van der Waals surface area contributed by atoms with Crippen molar-refractivity contribution in [1.82, 2.24) is 15.1 Å². The van der Waals surface area contributed by atoms with Gasteiger partial charge < -0.3 is 15.0 Å². The number of amides is 2. The lowest BCUT2D eigenvalue weighted by atomic mass is 10.0. The first-order chi connectivity index (χ1) is 10.6. The van der Waals surface area contributed by atoms with Crippen molar-refractivity contribution in [2.45, 2.75) is 25.6 Å². The largest absolute Gasteiger partial charge is 0.497 e. The summed E-state index contributed by atoms with van der Waals surface area (Å²) in [6.45, 7) is 4.48. The second kappa shape index (κ2) is 5.96. The van der Waals surface area contributed by atoms with E-state index in [1.165, 1.54) is 5.56 Å². The molecule has 22 heavy (non-hydrogen) atoms. The van der Waals surface area contributed by atoms with Crippen LogP contribution in [0, 0.1) is 0 Å². The third-order valence-electron chi connectivity index (χ3n) is 4.34. The standard InChI is InChI=1S/C16H21N3O3/c1-11-16(21)19-8-7-18(10-14(19)15(20)17-11)9-12-3-5-13(22-2)6-4-12/h3-6,11,14H,7-10H2,1-2H3,(H,17,20)/t11-,14-/m1/s1. The number of nitrogens with one attached hydrogen (secondary N) is 1. The van der Waals surface area contributed by atoms with Gasteiger partial charge in [0.1, 0.15) is 17.8 Å². The summed E-state index contributed by atoms with van der Waals surface area (Å²) in [5, 5.41) is 2.75. The first kappa shape index (κ1) is 14.8. The van der Waals surface area contributed by atoms with Crippen LogP contribution in [-0.2, 0) is 16.1 Å². The van der Waals surface area contributed by atoms with Gasteiger partial charge in [0, 0.05) is 26.2 Å². The van der Waals surface area contributed by atoms with Gasteiger partial charge in [0.2, 0.25) is 11.8 Å². The second-order valence-corrected chi connectivity index (χ2v) is 5.86. The normalized spacial score (nSPS) is 25.6. The molecule has 2 heterocycles. The van der Waals surface area contributed by atoms with E-state index in [0.717, 1.165) is 18.8 Å². The summed E-state index contributed by atoms with van der Waals surface area (Å²) in [5.74, 6) is 0.806. The van der Waals surface area contributed by atoms with Gasteiger partial charge in [-0.15, -0.1) is 0 Å². The number of benzene rings is 1. The maximum absolute atomic E-state index is 12.1. The zero-order valence-corrected chi connectivity index (χ0v) is 12.9. The minimum atomic E-state index is -0.406. The maximum Gasteiger partial charge on any atom is 0.245 e. The number of carbonyl (C=O) groups excluding carboxylic acids is 2. The molecule has 0 bridgehead atoms. The number of rotatable bonds is 3. The summed E-state index contributed by atoms with van der Waals surface area (Å²) in [5.41, 5.74) is 1.17. The topological polar surface area (TPSA) is 61.9 Å². The Bertz CT molecular complexity index is 573. The molecule has 0 aliphatic carbocycles. The molecule has 2 amide bonds. The van der Waals surface area contributed by atoms with E-state index in [1.807, 2.05) is 24.3 Å². The Labute approximate surface area is 130 Å². The Morgan fingerprint density at radius 2 is 1.95 bits per heavy atom. The van der Waals surface area contributed by atoms with Crippen LogP contribution in [0.4, 0.5) is 0 Å². The van der Waals surface area contributed by atoms with Gasteiger partial charge >= 0.3 is 0 Å². The van der Waals surface area contributed by atoms with E-state index in [2.05, 4.69) is 10.2 Å². The highest BCUT2D eigenvalue weighted by Crippen LogP contribution is 2.19. The van der Waals surface area contributed by atoms with Crippen LogP contribution in [0.1, 0.15) is 12.5 Å². The molecule has 0 unspecified atom stereocenters. The molecule has 0 radical (unpaired) electrons. The molecule has 2 fully saturated rings. The zero-order valence-electron chi connectivity index (χ0n) is 12.9. The van der Waals surface area contributed by atoms with Crippen LogP contribution in [0.2, 0.25) is 0 Å². The number of hydrogen-bond acceptors (Lipinski definition) is 4. The van der Waals surface area contributed by atoms with Crippen molar-refractivity contribution in [2.24, 2.45) is 0 Å². The highest BCUT2D eigenvalue weighted by atomic mass is 16.5. The van der Waals surface area contributed by atoms with E-state index in [1.54, 1.807) is 18.9 Å². The summed E-state index contributed by atoms with van der Waals surface area (Å²) in [7, 11) is 1.65. The van der Waals surface area contributed by atoms with Gasteiger partial charge in [-0.1, -0.05) is 12.1 Å². The predicted molar refractivity (Wildman–Crippen MR) is 81.4 cm³/mol. The fourth-order valence-electron chi connectivity index (χ4n) is 3.08. The lowest BCUT2D eigenvalue weighted by Gasteiger charge is -2.44. The number of methoxy groups -OCH3 is 1. The Hall–Kier alpha value is -2.08. The lowest BCUT2D eigenvalue weighted by molar-refractivity contribution is -0.152. The molecule has 2 aliphatic heterocycles. The molecular weight excluding hydrogens is 282 g/mol. The minimum absolute atomic E-state index is 0.0219. The molecule has 0 saturated carbocycles. The van der Waals surface area contributed by atoms with Crippen molar-refractivity contribution in [3.05, 3.63) is 29.8 Å². The summed E-state index contributed by atoms with van der Waals surface area (Å²) < 4.78 is 5.16. The average molecular weight is 303 g/mol. The van der Waals surface area contributed by atoms with E-state index in [0.29, 0.717) is 13.1 Å². The Balaban J connectivity index is 1.65. The van der Waals surface area contributed by atoms with Gasteiger partial charge in [0.15, 0.2) is 0 Å². The summed E-state index contributed by atoms with van der Waals surface area (Å²) in [6, 6.07) is 7.15. The van der Waals surface area contributed by atoms with Crippen molar-refractivity contribution < 1.29 is 14.3 Å². The van der Waals surface area contributed by atoms with Crippen LogP contribution in [0.3, 0.4) is 0 Å². The molecule has 6 nitrogen and oxygen atoms in total. The number of nitrogens with zero attached hydrogens (tertiary/aromatic N) is 2. The molecular formula is C16H21N3O3. The number of carbonyl (C=O) groups is 2. The molecule has 2 atom stereocenters. The third-order valence-corrected chi connectivity index (χ3v) is 4.34. The summed E-state index contributed by atoms with van der Waals surface area (Å²) in [6.07, 6.45) is 0. The van der Waals surface area contributed by atoms with E-state index >= 15 is 0 Å².